The first-order chi connectivity index (χ1) is 12.3. The lowest BCUT2D eigenvalue weighted by molar-refractivity contribution is -0.162. The van der Waals surface area contributed by atoms with Crippen LogP contribution in [0.4, 0.5) is 5.69 Å². The van der Waals surface area contributed by atoms with Gasteiger partial charge in [-0.3, -0.25) is 0 Å². The molecule has 0 saturated carbocycles. The van der Waals surface area contributed by atoms with Gasteiger partial charge in [-0.15, -0.1) is 0 Å². The highest BCUT2D eigenvalue weighted by atomic mass is 35.5. The van der Waals surface area contributed by atoms with Crippen LogP contribution in [0.5, 0.6) is 0 Å². The van der Waals surface area contributed by atoms with Crippen molar-refractivity contribution in [3.63, 3.8) is 0 Å². The lowest BCUT2D eigenvalue weighted by atomic mass is 10.1. The number of carbonyl (C=O) groups excluding carboxylic acids is 1. The largest absolute Gasteiger partial charge is 0.462 e. The van der Waals surface area contributed by atoms with E-state index in [9.17, 15) is 9.90 Å². The SMILES string of the molecule is CCOC(=O)C1(O)CN(c2cc(Cl)ccc2C)C(c2cccc(C)n2)=N1. The second kappa shape index (κ2) is 7.05. The topological polar surface area (TPSA) is 75.0 Å². The maximum absolute atomic E-state index is 12.3. The van der Waals surface area contributed by atoms with Crippen molar-refractivity contribution in [1.29, 1.82) is 0 Å². The summed E-state index contributed by atoms with van der Waals surface area (Å²) in [5.41, 5.74) is 1.05. The van der Waals surface area contributed by atoms with Crippen molar-refractivity contribution in [2.24, 2.45) is 4.99 Å². The fourth-order valence-corrected chi connectivity index (χ4v) is 3.03. The number of hydrogen-bond acceptors (Lipinski definition) is 6. The molecule has 0 bridgehead atoms. The Morgan fingerprint density at radius 1 is 1.35 bits per heavy atom. The highest BCUT2D eigenvalue weighted by molar-refractivity contribution is 6.31. The molecule has 1 atom stereocenters. The third-order valence-electron chi connectivity index (χ3n) is 4.11. The van der Waals surface area contributed by atoms with E-state index in [1.807, 2.05) is 32.0 Å². The van der Waals surface area contributed by atoms with Gasteiger partial charge >= 0.3 is 5.97 Å². The molecule has 3 rings (SSSR count). The molecule has 0 radical (unpaired) electrons. The number of aryl methyl sites for hydroxylation is 2. The summed E-state index contributed by atoms with van der Waals surface area (Å²) in [6, 6.07) is 10.9. The van der Waals surface area contributed by atoms with Crippen molar-refractivity contribution in [3.05, 3.63) is 58.4 Å². The molecule has 6 nitrogen and oxygen atoms in total. The number of aliphatic imine (C=N–C) groups is 1. The Hall–Kier alpha value is -2.44. The summed E-state index contributed by atoms with van der Waals surface area (Å²) < 4.78 is 5.01. The fraction of sp³-hybridized carbons (Fsp3) is 0.316. The van der Waals surface area contributed by atoms with Crippen molar-refractivity contribution >= 4 is 29.1 Å². The number of aliphatic hydroxyl groups is 1. The van der Waals surface area contributed by atoms with E-state index in [2.05, 4.69) is 9.98 Å². The summed E-state index contributed by atoms with van der Waals surface area (Å²) in [5.74, 6) is -0.387. The molecule has 136 valence electrons. The van der Waals surface area contributed by atoms with Crippen molar-refractivity contribution in [3.8, 4) is 0 Å². The van der Waals surface area contributed by atoms with Crippen LogP contribution in [-0.2, 0) is 9.53 Å². The van der Waals surface area contributed by atoms with E-state index in [4.69, 9.17) is 16.3 Å². The number of β-amino-alcohol motifs (C(OH)–C–C–N with tert-alkyl or cyclic N) is 1. The van der Waals surface area contributed by atoms with E-state index in [-0.39, 0.29) is 13.2 Å². The third kappa shape index (κ3) is 3.43. The standard InChI is InChI=1S/C19H20ClN3O3/c1-4-26-18(24)19(25)11-23(16-10-14(20)9-8-12(16)2)17(22-19)15-7-5-6-13(3)21-15/h5-10,25H,4,11H2,1-3H3. The molecule has 0 saturated heterocycles. The van der Waals surface area contributed by atoms with Gasteiger partial charge in [0.05, 0.1) is 13.2 Å². The molecule has 0 aliphatic carbocycles. The Balaban J connectivity index is 2.12. The molecule has 26 heavy (non-hydrogen) atoms. The number of esters is 1. The van der Waals surface area contributed by atoms with Crippen LogP contribution in [0.1, 0.15) is 23.9 Å². The number of ether oxygens (including phenoxy) is 1. The molecule has 1 unspecified atom stereocenters. The Labute approximate surface area is 157 Å². The van der Waals surface area contributed by atoms with E-state index in [0.717, 1.165) is 16.9 Å². The fourth-order valence-electron chi connectivity index (χ4n) is 2.86. The predicted octanol–water partition coefficient (Wildman–Crippen LogP) is 2.87. The Morgan fingerprint density at radius 3 is 2.81 bits per heavy atom. The summed E-state index contributed by atoms with van der Waals surface area (Å²) in [7, 11) is 0. The van der Waals surface area contributed by atoms with Crippen LogP contribution in [0.25, 0.3) is 0 Å². The molecule has 0 amide bonds. The van der Waals surface area contributed by atoms with Crippen LogP contribution >= 0.6 is 11.6 Å². The summed E-state index contributed by atoms with van der Waals surface area (Å²) in [5, 5.41) is 11.4. The van der Waals surface area contributed by atoms with Crippen molar-refractivity contribution in [1.82, 2.24) is 4.98 Å². The second-order valence-corrected chi connectivity index (χ2v) is 6.59. The number of benzene rings is 1. The van der Waals surface area contributed by atoms with Crippen molar-refractivity contribution < 1.29 is 14.6 Å². The second-order valence-electron chi connectivity index (χ2n) is 6.15. The Kier molecular flexibility index (Phi) is 4.98. The number of aromatic nitrogens is 1. The molecule has 1 N–H and O–H groups in total. The number of amidine groups is 1. The first-order valence-electron chi connectivity index (χ1n) is 8.31. The van der Waals surface area contributed by atoms with Crippen LogP contribution < -0.4 is 4.90 Å². The predicted molar refractivity (Wildman–Crippen MR) is 101 cm³/mol. The Morgan fingerprint density at radius 2 is 2.12 bits per heavy atom. The number of pyridine rings is 1. The molecule has 1 aliphatic rings. The summed E-state index contributed by atoms with van der Waals surface area (Å²) in [4.78, 5) is 22.8. The first kappa shape index (κ1) is 18.4. The van der Waals surface area contributed by atoms with Gasteiger partial charge in [0.1, 0.15) is 5.69 Å². The molecule has 0 spiro atoms. The highest BCUT2D eigenvalue weighted by Gasteiger charge is 2.47. The maximum Gasteiger partial charge on any atom is 0.363 e. The number of anilines is 1. The number of nitrogens with zero attached hydrogens (tertiary/aromatic N) is 3. The highest BCUT2D eigenvalue weighted by Crippen LogP contribution is 2.32. The van der Waals surface area contributed by atoms with Gasteiger partial charge in [-0.2, -0.15) is 0 Å². The summed E-state index contributed by atoms with van der Waals surface area (Å²) in [6.07, 6.45) is 0. The minimum Gasteiger partial charge on any atom is -0.462 e. The van der Waals surface area contributed by atoms with Gasteiger partial charge in [-0.1, -0.05) is 23.7 Å². The number of carbonyl (C=O) groups is 1. The minimum absolute atomic E-state index is 0.0715. The molecular formula is C19H20ClN3O3. The van der Waals surface area contributed by atoms with Gasteiger partial charge in [-0.25, -0.2) is 14.8 Å². The number of halogens is 1. The smallest absolute Gasteiger partial charge is 0.363 e. The number of rotatable bonds is 4. The van der Waals surface area contributed by atoms with Gasteiger partial charge < -0.3 is 14.7 Å². The van der Waals surface area contributed by atoms with Gasteiger partial charge in [-0.05, 0) is 50.6 Å². The maximum atomic E-state index is 12.3. The van der Waals surface area contributed by atoms with E-state index in [1.54, 1.807) is 30.0 Å². The van der Waals surface area contributed by atoms with Crippen LogP contribution in [0.2, 0.25) is 5.02 Å². The average Bonchev–Trinajstić information content (AvgIpc) is 2.96. The van der Waals surface area contributed by atoms with Gasteiger partial charge in [0.2, 0.25) is 0 Å². The zero-order valence-corrected chi connectivity index (χ0v) is 15.6. The third-order valence-corrected chi connectivity index (χ3v) is 4.34. The van der Waals surface area contributed by atoms with Crippen LogP contribution in [0.3, 0.4) is 0 Å². The van der Waals surface area contributed by atoms with Gasteiger partial charge in [0, 0.05) is 16.4 Å². The minimum atomic E-state index is -1.99. The molecule has 1 aromatic heterocycles. The first-order valence-corrected chi connectivity index (χ1v) is 8.69. The molecular weight excluding hydrogens is 354 g/mol. The molecule has 1 aliphatic heterocycles. The molecule has 2 aromatic rings. The van der Waals surface area contributed by atoms with E-state index < -0.39 is 11.7 Å². The Bertz CT molecular complexity index is 884. The van der Waals surface area contributed by atoms with Crippen molar-refractivity contribution in [2.75, 3.05) is 18.1 Å². The number of hydrogen-bond donors (Lipinski definition) is 1. The average molecular weight is 374 g/mol. The summed E-state index contributed by atoms with van der Waals surface area (Å²) >= 11 is 6.16. The van der Waals surface area contributed by atoms with E-state index in [1.165, 1.54) is 0 Å². The van der Waals surface area contributed by atoms with Crippen LogP contribution in [0, 0.1) is 13.8 Å². The quantitative estimate of drug-likeness (QED) is 0.834. The molecule has 0 fully saturated rings. The molecule has 7 heteroatoms. The van der Waals surface area contributed by atoms with Crippen LogP contribution in [0.15, 0.2) is 41.4 Å². The lowest BCUT2D eigenvalue weighted by Gasteiger charge is -2.24. The van der Waals surface area contributed by atoms with Gasteiger partial charge in [0.15, 0.2) is 5.84 Å². The van der Waals surface area contributed by atoms with E-state index >= 15 is 0 Å². The van der Waals surface area contributed by atoms with Gasteiger partial charge in [0.25, 0.3) is 5.72 Å². The van der Waals surface area contributed by atoms with Crippen LogP contribution in [-0.4, -0.2) is 40.8 Å². The lowest BCUT2D eigenvalue weighted by Crippen LogP contribution is -2.44. The van der Waals surface area contributed by atoms with Crippen molar-refractivity contribution in [2.45, 2.75) is 26.5 Å². The zero-order chi connectivity index (χ0) is 18.9. The zero-order valence-electron chi connectivity index (χ0n) is 14.9. The van der Waals surface area contributed by atoms with E-state index in [0.29, 0.717) is 16.6 Å². The molecule has 1 aromatic carbocycles. The monoisotopic (exact) mass is 373 g/mol. The normalized spacial score (nSPS) is 19.4. The summed E-state index contributed by atoms with van der Waals surface area (Å²) in [6.45, 7) is 5.56. The molecule has 2 heterocycles.